The molecule has 1 aromatic carbocycles. The van der Waals surface area contributed by atoms with E-state index in [-0.39, 0.29) is 12.3 Å². The van der Waals surface area contributed by atoms with E-state index < -0.39 is 0 Å². The first kappa shape index (κ1) is 15.5. The van der Waals surface area contributed by atoms with Gasteiger partial charge in [-0.25, -0.2) is 0 Å². The molecule has 0 radical (unpaired) electrons. The van der Waals surface area contributed by atoms with Gasteiger partial charge in [0.25, 0.3) is 0 Å². The Bertz CT molecular complexity index is 406. The topological polar surface area (TPSA) is 56.8 Å². The van der Waals surface area contributed by atoms with Gasteiger partial charge in [0.15, 0.2) is 5.78 Å². The lowest BCUT2D eigenvalue weighted by Crippen LogP contribution is -2.25. The van der Waals surface area contributed by atoms with Gasteiger partial charge in [0.05, 0.1) is 26.3 Å². The molecule has 0 atom stereocenters. The van der Waals surface area contributed by atoms with Crippen LogP contribution in [0.15, 0.2) is 18.2 Å². The van der Waals surface area contributed by atoms with Crippen LogP contribution in [-0.2, 0) is 4.74 Å². The van der Waals surface area contributed by atoms with Crippen molar-refractivity contribution >= 4 is 5.78 Å². The van der Waals surface area contributed by atoms with E-state index in [0.29, 0.717) is 23.7 Å². The minimum absolute atomic E-state index is 0.0202. The smallest absolute Gasteiger partial charge is 0.180 e. The van der Waals surface area contributed by atoms with Gasteiger partial charge in [-0.05, 0) is 31.2 Å². The minimum Gasteiger partial charge on any atom is -0.497 e. The molecule has 0 bridgehead atoms. The summed E-state index contributed by atoms with van der Waals surface area (Å²) in [6, 6.07) is 5.19. The monoisotopic (exact) mass is 267 g/mol. The largest absolute Gasteiger partial charge is 0.497 e. The third-order valence-corrected chi connectivity index (χ3v) is 2.69. The maximum Gasteiger partial charge on any atom is 0.180 e. The highest BCUT2D eigenvalue weighted by Gasteiger charge is 2.13. The van der Waals surface area contributed by atoms with Crippen molar-refractivity contribution in [3.05, 3.63) is 23.8 Å². The Balaban J connectivity index is 2.59. The lowest BCUT2D eigenvalue weighted by Gasteiger charge is -2.10. The predicted molar refractivity (Wildman–Crippen MR) is 73.2 cm³/mol. The van der Waals surface area contributed by atoms with E-state index in [1.807, 2.05) is 0 Å². The maximum absolute atomic E-state index is 12.1. The molecule has 106 valence electrons. The van der Waals surface area contributed by atoms with Gasteiger partial charge < -0.3 is 19.5 Å². The van der Waals surface area contributed by atoms with Crippen molar-refractivity contribution in [2.45, 2.75) is 6.42 Å². The third-order valence-electron chi connectivity index (χ3n) is 2.69. The molecule has 1 aromatic rings. The summed E-state index contributed by atoms with van der Waals surface area (Å²) in [5.74, 6) is 1.18. The standard InChI is InChI=1S/C14H21NO4/c1-17-8-4-7-15-10-13(16)12-9-11(18-2)5-6-14(12)19-3/h5-6,9,15H,4,7-8,10H2,1-3H3. The van der Waals surface area contributed by atoms with Crippen molar-refractivity contribution in [3.8, 4) is 11.5 Å². The third kappa shape index (κ3) is 4.89. The molecule has 0 aromatic heterocycles. The number of methoxy groups -OCH3 is 3. The quantitative estimate of drug-likeness (QED) is 0.543. The van der Waals surface area contributed by atoms with Crippen LogP contribution >= 0.6 is 0 Å². The van der Waals surface area contributed by atoms with Crippen LogP contribution in [-0.4, -0.2) is 46.8 Å². The van der Waals surface area contributed by atoms with E-state index in [9.17, 15) is 4.79 Å². The summed E-state index contributed by atoms with van der Waals surface area (Å²) in [5, 5.41) is 3.08. The first-order valence-corrected chi connectivity index (χ1v) is 6.17. The number of hydrogen-bond acceptors (Lipinski definition) is 5. The van der Waals surface area contributed by atoms with E-state index in [1.54, 1.807) is 39.5 Å². The van der Waals surface area contributed by atoms with Gasteiger partial charge >= 0.3 is 0 Å². The summed E-state index contributed by atoms with van der Waals surface area (Å²) < 4.78 is 15.2. The van der Waals surface area contributed by atoms with Gasteiger partial charge in [0, 0.05) is 13.7 Å². The molecule has 5 heteroatoms. The Morgan fingerprint density at radius 1 is 1.21 bits per heavy atom. The van der Waals surface area contributed by atoms with Crippen LogP contribution in [0.4, 0.5) is 0 Å². The zero-order valence-corrected chi connectivity index (χ0v) is 11.7. The molecular formula is C14H21NO4. The predicted octanol–water partition coefficient (Wildman–Crippen LogP) is 1.51. The molecule has 0 heterocycles. The van der Waals surface area contributed by atoms with Gasteiger partial charge in [-0.3, -0.25) is 4.79 Å². The number of nitrogens with one attached hydrogen (secondary N) is 1. The number of carbonyl (C=O) groups is 1. The van der Waals surface area contributed by atoms with Gasteiger partial charge in [-0.15, -0.1) is 0 Å². The van der Waals surface area contributed by atoms with Crippen LogP contribution in [0.2, 0.25) is 0 Å². The fraction of sp³-hybridized carbons (Fsp3) is 0.500. The fourth-order valence-electron chi connectivity index (χ4n) is 1.67. The summed E-state index contributed by atoms with van der Waals surface area (Å²) in [6.45, 7) is 1.70. The number of rotatable bonds is 9. The molecule has 0 fully saturated rings. The Hall–Kier alpha value is -1.59. The Labute approximate surface area is 113 Å². The Morgan fingerprint density at radius 2 is 2.00 bits per heavy atom. The number of Topliss-reactive ketones (excluding diaryl/α,β-unsaturated/α-hetero) is 1. The second-order valence-corrected chi connectivity index (χ2v) is 4.01. The first-order chi connectivity index (χ1) is 9.22. The molecule has 1 N–H and O–H groups in total. The van der Waals surface area contributed by atoms with E-state index in [4.69, 9.17) is 14.2 Å². The molecule has 0 aliphatic rings. The molecule has 0 saturated carbocycles. The zero-order chi connectivity index (χ0) is 14.1. The van der Waals surface area contributed by atoms with Crippen LogP contribution in [0.25, 0.3) is 0 Å². The summed E-state index contributed by atoms with van der Waals surface area (Å²) in [6.07, 6.45) is 0.874. The lowest BCUT2D eigenvalue weighted by atomic mass is 10.1. The Kier molecular flexibility index (Phi) is 6.92. The molecule has 0 aliphatic carbocycles. The van der Waals surface area contributed by atoms with Crippen LogP contribution in [0.1, 0.15) is 16.8 Å². The van der Waals surface area contributed by atoms with Crippen LogP contribution in [0.3, 0.4) is 0 Å². The van der Waals surface area contributed by atoms with Crippen molar-refractivity contribution in [2.75, 3.05) is 41.0 Å². The fourth-order valence-corrected chi connectivity index (χ4v) is 1.67. The minimum atomic E-state index is -0.0202. The molecule has 0 spiro atoms. The second kappa shape index (κ2) is 8.50. The number of hydrogen-bond donors (Lipinski definition) is 1. The SMILES string of the molecule is COCCCNCC(=O)c1cc(OC)ccc1OC. The van der Waals surface area contributed by atoms with E-state index in [1.165, 1.54) is 0 Å². The van der Waals surface area contributed by atoms with E-state index in [2.05, 4.69) is 5.32 Å². The van der Waals surface area contributed by atoms with Gasteiger partial charge in [-0.1, -0.05) is 0 Å². The van der Waals surface area contributed by atoms with Crippen molar-refractivity contribution in [3.63, 3.8) is 0 Å². The summed E-state index contributed by atoms with van der Waals surface area (Å²) in [7, 11) is 4.77. The maximum atomic E-state index is 12.1. The molecule has 0 amide bonds. The molecule has 0 saturated heterocycles. The summed E-state index contributed by atoms with van der Waals surface area (Å²) in [5.41, 5.74) is 0.529. The molecule has 1 rings (SSSR count). The molecule has 0 unspecified atom stereocenters. The highest BCUT2D eigenvalue weighted by Crippen LogP contribution is 2.24. The highest BCUT2D eigenvalue weighted by molar-refractivity contribution is 6.00. The van der Waals surface area contributed by atoms with Crippen molar-refractivity contribution in [1.82, 2.24) is 5.32 Å². The summed E-state index contributed by atoms with van der Waals surface area (Å²) in [4.78, 5) is 12.1. The molecule has 5 nitrogen and oxygen atoms in total. The summed E-state index contributed by atoms with van der Waals surface area (Å²) >= 11 is 0. The zero-order valence-electron chi connectivity index (χ0n) is 11.7. The molecule has 19 heavy (non-hydrogen) atoms. The number of carbonyl (C=O) groups excluding carboxylic acids is 1. The van der Waals surface area contributed by atoms with Gasteiger partial charge in [0.1, 0.15) is 11.5 Å². The average Bonchev–Trinajstić information content (AvgIpc) is 2.46. The van der Waals surface area contributed by atoms with Gasteiger partial charge in [-0.2, -0.15) is 0 Å². The van der Waals surface area contributed by atoms with Crippen molar-refractivity contribution in [1.29, 1.82) is 0 Å². The molecular weight excluding hydrogens is 246 g/mol. The van der Waals surface area contributed by atoms with Crippen molar-refractivity contribution < 1.29 is 19.0 Å². The number of benzene rings is 1. The lowest BCUT2D eigenvalue weighted by molar-refractivity contribution is 0.0986. The average molecular weight is 267 g/mol. The highest BCUT2D eigenvalue weighted by atomic mass is 16.5. The van der Waals surface area contributed by atoms with Crippen LogP contribution in [0.5, 0.6) is 11.5 Å². The van der Waals surface area contributed by atoms with Crippen LogP contribution in [0, 0.1) is 0 Å². The molecule has 0 aliphatic heterocycles. The van der Waals surface area contributed by atoms with Gasteiger partial charge in [0.2, 0.25) is 0 Å². The van der Waals surface area contributed by atoms with E-state index in [0.717, 1.165) is 13.0 Å². The van der Waals surface area contributed by atoms with Crippen molar-refractivity contribution in [2.24, 2.45) is 0 Å². The number of ether oxygens (including phenoxy) is 3. The number of ketones is 1. The second-order valence-electron chi connectivity index (χ2n) is 4.01. The first-order valence-electron chi connectivity index (χ1n) is 6.17. The van der Waals surface area contributed by atoms with Crippen LogP contribution < -0.4 is 14.8 Å². The van der Waals surface area contributed by atoms with E-state index >= 15 is 0 Å². The normalized spacial score (nSPS) is 10.3. The Morgan fingerprint density at radius 3 is 2.63 bits per heavy atom.